The molecule has 1 fully saturated rings. The highest BCUT2D eigenvalue weighted by Gasteiger charge is 2.11. The molecule has 1 aromatic heterocycles. The quantitative estimate of drug-likeness (QED) is 0.669. The summed E-state index contributed by atoms with van der Waals surface area (Å²) < 4.78 is 5.83. The number of carbonyl (C=O) groups is 1. The number of nitrogens with zero attached hydrogens (tertiary/aromatic N) is 5. The van der Waals surface area contributed by atoms with Gasteiger partial charge in [-0.1, -0.05) is 18.6 Å². The lowest BCUT2D eigenvalue weighted by Crippen LogP contribution is -2.29. The Balaban J connectivity index is 1.32. The van der Waals surface area contributed by atoms with Crippen LogP contribution < -0.4 is 10.1 Å². The molecule has 8 nitrogen and oxygen atoms in total. The third-order valence-corrected chi connectivity index (χ3v) is 4.53. The Morgan fingerprint density at radius 1 is 1.26 bits per heavy atom. The number of aryl methyl sites for hydroxylation is 1. The number of hydrogen-bond acceptors (Lipinski definition) is 6. The molecule has 0 saturated carbocycles. The van der Waals surface area contributed by atoms with Crippen LogP contribution in [0.2, 0.25) is 0 Å². The van der Waals surface area contributed by atoms with E-state index in [0.717, 1.165) is 18.7 Å². The summed E-state index contributed by atoms with van der Waals surface area (Å²) in [5.74, 6) is 1.21. The van der Waals surface area contributed by atoms with Crippen molar-refractivity contribution < 1.29 is 9.53 Å². The van der Waals surface area contributed by atoms with Crippen LogP contribution in [0.15, 0.2) is 24.3 Å². The first-order chi connectivity index (χ1) is 13.2. The van der Waals surface area contributed by atoms with E-state index in [1.54, 1.807) is 7.05 Å². The lowest BCUT2D eigenvalue weighted by molar-refractivity contribution is -0.120. The van der Waals surface area contributed by atoms with E-state index in [4.69, 9.17) is 4.74 Å². The van der Waals surface area contributed by atoms with Crippen LogP contribution in [0.25, 0.3) is 0 Å². The molecular weight excluding hydrogens is 344 g/mol. The molecule has 0 unspecified atom stereocenters. The van der Waals surface area contributed by atoms with E-state index in [0.29, 0.717) is 19.0 Å². The zero-order chi connectivity index (χ0) is 18.9. The van der Waals surface area contributed by atoms with E-state index >= 15 is 0 Å². The number of likely N-dealkylation sites (tertiary alicyclic amines) is 1. The molecule has 1 amide bonds. The number of nitrogens with one attached hydrogen (secondary N) is 1. The van der Waals surface area contributed by atoms with Gasteiger partial charge in [-0.05, 0) is 55.3 Å². The predicted octanol–water partition coefficient (Wildman–Crippen LogP) is 1.32. The molecule has 2 heterocycles. The molecule has 0 aliphatic carbocycles. The van der Waals surface area contributed by atoms with Crippen LogP contribution >= 0.6 is 0 Å². The Morgan fingerprint density at radius 3 is 2.89 bits per heavy atom. The maximum absolute atomic E-state index is 11.8. The van der Waals surface area contributed by atoms with Gasteiger partial charge < -0.3 is 10.1 Å². The number of amides is 1. The summed E-state index contributed by atoms with van der Waals surface area (Å²) in [4.78, 5) is 15.7. The van der Waals surface area contributed by atoms with Crippen LogP contribution in [-0.2, 0) is 24.8 Å². The normalized spacial score (nSPS) is 14.9. The van der Waals surface area contributed by atoms with Gasteiger partial charge in [-0.15, -0.1) is 10.2 Å². The van der Waals surface area contributed by atoms with Crippen LogP contribution in [0.5, 0.6) is 5.75 Å². The molecule has 27 heavy (non-hydrogen) atoms. The SMILES string of the molecule is Cn1nnc(CC(=O)NCCCOc2cccc(CN3CCCCC3)c2)n1. The molecule has 8 heteroatoms. The minimum atomic E-state index is -0.105. The van der Waals surface area contributed by atoms with Crippen molar-refractivity contribution in [2.75, 3.05) is 26.2 Å². The van der Waals surface area contributed by atoms with Crippen molar-refractivity contribution in [2.45, 2.75) is 38.6 Å². The molecule has 1 saturated heterocycles. The second-order valence-corrected chi connectivity index (χ2v) is 6.91. The zero-order valence-corrected chi connectivity index (χ0v) is 15.9. The van der Waals surface area contributed by atoms with Gasteiger partial charge >= 0.3 is 0 Å². The van der Waals surface area contributed by atoms with E-state index in [2.05, 4.69) is 37.8 Å². The van der Waals surface area contributed by atoms with Gasteiger partial charge in [-0.3, -0.25) is 9.69 Å². The molecule has 3 rings (SSSR count). The van der Waals surface area contributed by atoms with Crippen molar-refractivity contribution in [1.82, 2.24) is 30.4 Å². The van der Waals surface area contributed by atoms with Crippen LogP contribution in [0.1, 0.15) is 37.1 Å². The highest BCUT2D eigenvalue weighted by molar-refractivity contribution is 5.77. The van der Waals surface area contributed by atoms with Gasteiger partial charge in [-0.2, -0.15) is 4.80 Å². The summed E-state index contributed by atoms with van der Waals surface area (Å²) in [6, 6.07) is 8.30. The lowest BCUT2D eigenvalue weighted by atomic mass is 10.1. The number of carbonyl (C=O) groups excluding carboxylic acids is 1. The average molecular weight is 372 g/mol. The first kappa shape index (κ1) is 19.3. The van der Waals surface area contributed by atoms with Crippen molar-refractivity contribution >= 4 is 5.91 Å². The fourth-order valence-electron chi connectivity index (χ4n) is 3.20. The molecule has 1 aliphatic rings. The highest BCUT2D eigenvalue weighted by atomic mass is 16.5. The summed E-state index contributed by atoms with van der Waals surface area (Å²) in [7, 11) is 1.67. The van der Waals surface area contributed by atoms with Crippen molar-refractivity contribution in [3.8, 4) is 5.75 Å². The second-order valence-electron chi connectivity index (χ2n) is 6.91. The Bertz CT molecular complexity index is 726. The number of piperidine rings is 1. The smallest absolute Gasteiger partial charge is 0.227 e. The van der Waals surface area contributed by atoms with E-state index in [-0.39, 0.29) is 12.3 Å². The third kappa shape index (κ3) is 6.63. The molecule has 0 bridgehead atoms. The predicted molar refractivity (Wildman–Crippen MR) is 101 cm³/mol. The van der Waals surface area contributed by atoms with Crippen LogP contribution in [0, 0.1) is 0 Å². The Kier molecular flexibility index (Phi) is 7.15. The van der Waals surface area contributed by atoms with Crippen molar-refractivity contribution in [3.05, 3.63) is 35.7 Å². The molecule has 0 spiro atoms. The molecule has 0 atom stereocenters. The molecule has 146 valence electrons. The summed E-state index contributed by atoms with van der Waals surface area (Å²) >= 11 is 0. The first-order valence-corrected chi connectivity index (χ1v) is 9.63. The highest BCUT2D eigenvalue weighted by Crippen LogP contribution is 2.17. The van der Waals surface area contributed by atoms with Crippen LogP contribution in [0.4, 0.5) is 0 Å². The van der Waals surface area contributed by atoms with Gasteiger partial charge in [0.2, 0.25) is 5.91 Å². The number of hydrogen-bond donors (Lipinski definition) is 1. The monoisotopic (exact) mass is 372 g/mol. The summed E-state index contributed by atoms with van der Waals surface area (Å²) in [6.45, 7) is 4.50. The van der Waals surface area contributed by atoms with Crippen molar-refractivity contribution in [1.29, 1.82) is 0 Å². The number of aromatic nitrogens is 4. The van der Waals surface area contributed by atoms with Gasteiger partial charge in [0.05, 0.1) is 20.1 Å². The fourth-order valence-corrected chi connectivity index (χ4v) is 3.20. The summed E-state index contributed by atoms with van der Waals surface area (Å²) in [6.07, 6.45) is 4.85. The molecule has 0 radical (unpaired) electrons. The fraction of sp³-hybridized carbons (Fsp3) is 0.579. The number of rotatable bonds is 9. The summed E-state index contributed by atoms with van der Waals surface area (Å²) in [5.41, 5.74) is 1.29. The first-order valence-electron chi connectivity index (χ1n) is 9.63. The van der Waals surface area contributed by atoms with Gasteiger partial charge in [0.1, 0.15) is 5.75 Å². The van der Waals surface area contributed by atoms with Gasteiger partial charge in [0.25, 0.3) is 0 Å². The second kappa shape index (κ2) is 10.0. The van der Waals surface area contributed by atoms with Crippen molar-refractivity contribution in [3.63, 3.8) is 0 Å². The Labute approximate surface area is 159 Å². The van der Waals surface area contributed by atoms with E-state index in [1.807, 2.05) is 12.1 Å². The molecule has 1 N–H and O–H groups in total. The molecular formula is C19H28N6O2. The van der Waals surface area contributed by atoms with E-state index in [9.17, 15) is 4.79 Å². The minimum absolute atomic E-state index is 0.105. The average Bonchev–Trinajstić information content (AvgIpc) is 3.07. The summed E-state index contributed by atoms with van der Waals surface area (Å²) in [5, 5.41) is 14.4. The number of ether oxygens (including phenoxy) is 1. The van der Waals surface area contributed by atoms with Gasteiger partial charge in [0.15, 0.2) is 5.82 Å². The van der Waals surface area contributed by atoms with E-state index in [1.165, 1.54) is 42.7 Å². The Morgan fingerprint density at radius 2 is 2.11 bits per heavy atom. The number of benzene rings is 1. The third-order valence-electron chi connectivity index (χ3n) is 4.53. The van der Waals surface area contributed by atoms with E-state index < -0.39 is 0 Å². The lowest BCUT2D eigenvalue weighted by Gasteiger charge is -2.26. The van der Waals surface area contributed by atoms with Gasteiger partial charge in [0, 0.05) is 13.1 Å². The number of tetrazole rings is 1. The largest absolute Gasteiger partial charge is 0.494 e. The minimum Gasteiger partial charge on any atom is -0.494 e. The molecule has 1 aliphatic heterocycles. The topological polar surface area (TPSA) is 85.2 Å². The molecule has 1 aromatic carbocycles. The maximum Gasteiger partial charge on any atom is 0.227 e. The standard InChI is InChI=1S/C19H28N6O2/c1-24-22-18(21-23-24)14-19(26)20-9-6-12-27-17-8-5-7-16(13-17)15-25-10-3-2-4-11-25/h5,7-8,13H,2-4,6,9-12,14-15H2,1H3,(H,20,26). The maximum atomic E-state index is 11.8. The van der Waals surface area contributed by atoms with Gasteiger partial charge in [-0.25, -0.2) is 0 Å². The van der Waals surface area contributed by atoms with Crippen LogP contribution in [-0.4, -0.2) is 57.3 Å². The zero-order valence-electron chi connectivity index (χ0n) is 15.9. The molecule has 2 aromatic rings. The van der Waals surface area contributed by atoms with Crippen LogP contribution in [0.3, 0.4) is 0 Å². The van der Waals surface area contributed by atoms with Crippen molar-refractivity contribution in [2.24, 2.45) is 7.05 Å². The Hall–Kier alpha value is -2.48.